The number of aliphatic hydroxyl groups excluding tert-OH is 1. The van der Waals surface area contributed by atoms with E-state index in [9.17, 15) is 13.5 Å². The summed E-state index contributed by atoms with van der Waals surface area (Å²) in [7, 11) is -1.71. The van der Waals surface area contributed by atoms with Gasteiger partial charge in [0.15, 0.2) is 0 Å². The molecule has 26 heavy (non-hydrogen) atoms. The van der Waals surface area contributed by atoms with E-state index in [0.29, 0.717) is 18.8 Å². The van der Waals surface area contributed by atoms with Crippen LogP contribution < -0.4 is 4.74 Å². The quantitative estimate of drug-likeness (QED) is 0.723. The molecule has 1 aromatic carbocycles. The van der Waals surface area contributed by atoms with Crippen molar-refractivity contribution < 1.29 is 18.3 Å². The van der Waals surface area contributed by atoms with Gasteiger partial charge in [-0.15, -0.1) is 0 Å². The standard InChI is InChI=1S/C18H29BrN2O4S/c1-5-8-20(4)11-17-13(2)10-21(14(3)12-22)26(23,24)18-7-6-15(19)9-16(18)25-17/h6-7,9,13-14,17,22H,5,8,10-12H2,1-4H3/t13-,14+,17-/m0/s1. The van der Waals surface area contributed by atoms with Crippen LogP contribution in [0.4, 0.5) is 0 Å². The van der Waals surface area contributed by atoms with Gasteiger partial charge in [-0.3, -0.25) is 0 Å². The number of aliphatic hydroxyl groups is 1. The second-order valence-electron chi connectivity index (χ2n) is 7.09. The van der Waals surface area contributed by atoms with Crippen molar-refractivity contribution in [2.24, 2.45) is 5.92 Å². The number of halogens is 1. The van der Waals surface area contributed by atoms with Gasteiger partial charge in [0.25, 0.3) is 0 Å². The Bertz CT molecular complexity index is 713. The predicted molar refractivity (Wildman–Crippen MR) is 106 cm³/mol. The highest BCUT2D eigenvalue weighted by molar-refractivity contribution is 9.10. The average Bonchev–Trinajstić information content (AvgIpc) is 2.57. The Hall–Kier alpha value is -0.670. The van der Waals surface area contributed by atoms with Gasteiger partial charge in [0, 0.05) is 29.5 Å². The maximum Gasteiger partial charge on any atom is 0.247 e. The number of hydrogen-bond acceptors (Lipinski definition) is 5. The van der Waals surface area contributed by atoms with Crippen molar-refractivity contribution in [2.45, 2.75) is 44.2 Å². The molecule has 6 nitrogen and oxygen atoms in total. The predicted octanol–water partition coefficient (Wildman–Crippen LogP) is 2.56. The summed E-state index contributed by atoms with van der Waals surface area (Å²) in [6, 6.07) is 4.48. The molecule has 1 aliphatic rings. The SMILES string of the molecule is CCCN(C)C[C@@H]1Oc2cc(Br)ccc2S(=O)(=O)N([C@H](C)CO)C[C@@H]1C. The fraction of sp³-hybridized carbons (Fsp3) is 0.667. The van der Waals surface area contributed by atoms with Crippen LogP contribution in [0.2, 0.25) is 0 Å². The van der Waals surface area contributed by atoms with Crippen molar-refractivity contribution in [3.05, 3.63) is 22.7 Å². The number of rotatable bonds is 6. The van der Waals surface area contributed by atoms with Gasteiger partial charge in [-0.25, -0.2) is 8.42 Å². The largest absolute Gasteiger partial charge is 0.487 e. The van der Waals surface area contributed by atoms with Crippen LogP contribution in [0.25, 0.3) is 0 Å². The van der Waals surface area contributed by atoms with E-state index >= 15 is 0 Å². The molecular weight excluding hydrogens is 420 g/mol. The Kier molecular flexibility index (Phi) is 7.50. The zero-order chi connectivity index (χ0) is 19.5. The van der Waals surface area contributed by atoms with Crippen molar-refractivity contribution >= 4 is 26.0 Å². The molecule has 0 bridgehead atoms. The summed E-state index contributed by atoms with van der Waals surface area (Å²) in [5, 5.41) is 9.59. The first-order chi connectivity index (χ1) is 12.2. The lowest BCUT2D eigenvalue weighted by atomic mass is 10.0. The molecule has 2 rings (SSSR count). The number of hydrogen-bond donors (Lipinski definition) is 1. The summed E-state index contributed by atoms with van der Waals surface area (Å²) in [4.78, 5) is 2.35. The Morgan fingerprint density at radius 1 is 1.46 bits per heavy atom. The number of likely N-dealkylation sites (N-methyl/N-ethyl adjacent to an activating group) is 1. The smallest absolute Gasteiger partial charge is 0.247 e. The maximum atomic E-state index is 13.2. The Morgan fingerprint density at radius 3 is 2.77 bits per heavy atom. The maximum absolute atomic E-state index is 13.2. The van der Waals surface area contributed by atoms with Crippen molar-refractivity contribution in [1.29, 1.82) is 0 Å². The van der Waals surface area contributed by atoms with Crippen LogP contribution in [-0.4, -0.2) is 68.2 Å². The first-order valence-corrected chi connectivity index (χ1v) is 11.2. The van der Waals surface area contributed by atoms with E-state index in [4.69, 9.17) is 4.74 Å². The van der Waals surface area contributed by atoms with Crippen molar-refractivity contribution in [3.8, 4) is 5.75 Å². The third-order valence-electron chi connectivity index (χ3n) is 4.73. The fourth-order valence-electron chi connectivity index (χ4n) is 3.20. The van der Waals surface area contributed by atoms with Gasteiger partial charge in [-0.05, 0) is 45.1 Å². The van der Waals surface area contributed by atoms with Crippen LogP contribution in [0.5, 0.6) is 5.75 Å². The third-order valence-corrected chi connectivity index (χ3v) is 7.24. The van der Waals surface area contributed by atoms with Gasteiger partial charge in [0.05, 0.1) is 6.61 Å². The minimum atomic E-state index is -3.75. The number of fused-ring (bicyclic) bond motifs is 1. The second-order valence-corrected chi connectivity index (χ2v) is 9.87. The molecule has 0 spiro atoms. The first-order valence-electron chi connectivity index (χ1n) is 8.98. The summed E-state index contributed by atoms with van der Waals surface area (Å²) in [5.74, 6) is 0.334. The van der Waals surface area contributed by atoms with Crippen LogP contribution in [0.3, 0.4) is 0 Å². The molecule has 0 radical (unpaired) electrons. The molecule has 3 atom stereocenters. The summed E-state index contributed by atoms with van der Waals surface area (Å²) in [5.41, 5.74) is 0. The number of sulfonamides is 1. The average molecular weight is 449 g/mol. The van der Waals surface area contributed by atoms with E-state index in [1.54, 1.807) is 25.1 Å². The molecule has 148 valence electrons. The zero-order valence-corrected chi connectivity index (χ0v) is 18.3. The van der Waals surface area contributed by atoms with E-state index in [2.05, 4.69) is 27.8 Å². The highest BCUT2D eigenvalue weighted by atomic mass is 79.9. The van der Waals surface area contributed by atoms with Crippen LogP contribution in [0, 0.1) is 5.92 Å². The van der Waals surface area contributed by atoms with Gasteiger partial charge >= 0.3 is 0 Å². The second kappa shape index (κ2) is 9.01. The Morgan fingerprint density at radius 2 is 2.15 bits per heavy atom. The molecule has 8 heteroatoms. The Labute approximate surface area is 165 Å². The Balaban J connectivity index is 2.49. The van der Waals surface area contributed by atoms with Gasteiger partial charge in [-0.2, -0.15) is 4.31 Å². The monoisotopic (exact) mass is 448 g/mol. The topological polar surface area (TPSA) is 70.1 Å². The van der Waals surface area contributed by atoms with Crippen molar-refractivity contribution in [3.63, 3.8) is 0 Å². The molecular formula is C18H29BrN2O4S. The summed E-state index contributed by atoms with van der Waals surface area (Å²) in [6.45, 7) is 7.60. The molecule has 1 aromatic rings. The molecule has 0 amide bonds. The molecule has 0 saturated carbocycles. The lowest BCUT2D eigenvalue weighted by Gasteiger charge is -2.37. The molecule has 0 saturated heterocycles. The molecule has 1 N–H and O–H groups in total. The highest BCUT2D eigenvalue weighted by Crippen LogP contribution is 2.35. The van der Waals surface area contributed by atoms with E-state index < -0.39 is 16.1 Å². The van der Waals surface area contributed by atoms with Gasteiger partial charge in [-0.1, -0.05) is 29.8 Å². The molecule has 0 aromatic heterocycles. The van der Waals surface area contributed by atoms with Gasteiger partial charge in [0.2, 0.25) is 10.0 Å². The lowest BCUT2D eigenvalue weighted by Crippen LogP contribution is -2.49. The summed E-state index contributed by atoms with van der Waals surface area (Å²) < 4.78 is 34.7. The minimum absolute atomic E-state index is 0.0230. The summed E-state index contributed by atoms with van der Waals surface area (Å²) >= 11 is 3.40. The van der Waals surface area contributed by atoms with Crippen LogP contribution in [0.15, 0.2) is 27.6 Å². The third kappa shape index (κ3) is 4.78. The minimum Gasteiger partial charge on any atom is -0.487 e. The van der Waals surface area contributed by atoms with Crippen molar-refractivity contribution in [2.75, 3.05) is 33.3 Å². The number of ether oxygens (including phenoxy) is 1. The van der Waals surface area contributed by atoms with Crippen LogP contribution in [-0.2, 0) is 10.0 Å². The van der Waals surface area contributed by atoms with Crippen molar-refractivity contribution in [1.82, 2.24) is 9.21 Å². The molecule has 1 aliphatic heterocycles. The first kappa shape index (κ1) is 21.6. The van der Waals surface area contributed by atoms with Gasteiger partial charge < -0.3 is 14.7 Å². The van der Waals surface area contributed by atoms with Crippen LogP contribution in [0.1, 0.15) is 27.2 Å². The van der Waals surface area contributed by atoms with Gasteiger partial charge in [0.1, 0.15) is 16.7 Å². The highest BCUT2D eigenvalue weighted by Gasteiger charge is 2.37. The number of nitrogens with zero attached hydrogens (tertiary/aromatic N) is 2. The lowest BCUT2D eigenvalue weighted by molar-refractivity contribution is 0.0752. The fourth-order valence-corrected chi connectivity index (χ4v) is 5.36. The summed E-state index contributed by atoms with van der Waals surface area (Å²) in [6.07, 6.45) is 0.894. The molecule has 0 aliphatic carbocycles. The van der Waals surface area contributed by atoms with E-state index in [-0.39, 0.29) is 23.5 Å². The van der Waals surface area contributed by atoms with E-state index in [1.807, 2.05) is 14.0 Å². The normalized spacial score (nSPS) is 24.4. The number of benzene rings is 1. The molecule has 0 fully saturated rings. The zero-order valence-electron chi connectivity index (χ0n) is 15.9. The molecule has 1 heterocycles. The molecule has 0 unspecified atom stereocenters. The van der Waals surface area contributed by atoms with E-state index in [0.717, 1.165) is 17.4 Å². The van der Waals surface area contributed by atoms with E-state index in [1.165, 1.54) is 4.31 Å². The van der Waals surface area contributed by atoms with Crippen LogP contribution >= 0.6 is 15.9 Å².